The second-order valence-electron chi connectivity index (χ2n) is 3.20. The van der Waals surface area contributed by atoms with E-state index in [1.807, 2.05) is 18.2 Å². The zero-order valence-corrected chi connectivity index (χ0v) is 8.67. The van der Waals surface area contributed by atoms with Gasteiger partial charge >= 0.3 is 0 Å². The predicted octanol–water partition coefficient (Wildman–Crippen LogP) is 3.03. The van der Waals surface area contributed by atoms with Crippen molar-refractivity contribution in [3.63, 3.8) is 0 Å². The fourth-order valence-corrected chi connectivity index (χ4v) is 1.86. The lowest BCUT2D eigenvalue weighted by Gasteiger charge is -2.05. The molecule has 0 atom stereocenters. The van der Waals surface area contributed by atoms with Crippen molar-refractivity contribution in [2.45, 2.75) is 13.3 Å². The molecule has 0 saturated heterocycles. The number of hydrogen-bond acceptors (Lipinski definition) is 2. The van der Waals surface area contributed by atoms with Crippen molar-refractivity contribution in [1.29, 1.82) is 0 Å². The molecule has 0 amide bonds. The summed E-state index contributed by atoms with van der Waals surface area (Å²) in [6, 6.07) is 7.64. The first kappa shape index (κ1) is 9.28. The van der Waals surface area contributed by atoms with E-state index in [0.717, 1.165) is 27.9 Å². The molecule has 2 rings (SSSR count). The molecule has 2 aromatic rings. The van der Waals surface area contributed by atoms with Crippen LogP contribution >= 0.6 is 11.6 Å². The summed E-state index contributed by atoms with van der Waals surface area (Å²) in [4.78, 5) is 4.21. The average Bonchev–Trinajstić information content (AvgIpc) is 2.18. The third kappa shape index (κ3) is 1.42. The maximum absolute atomic E-state index is 6.21. The van der Waals surface area contributed by atoms with Gasteiger partial charge in [0.15, 0.2) is 0 Å². The van der Waals surface area contributed by atoms with Gasteiger partial charge in [0.05, 0.1) is 10.5 Å². The van der Waals surface area contributed by atoms with Gasteiger partial charge in [-0.25, -0.2) is 4.98 Å². The molecule has 0 aliphatic rings. The molecule has 3 heteroatoms. The topological polar surface area (TPSA) is 38.9 Å². The molecule has 72 valence electrons. The average molecular weight is 207 g/mol. The molecular weight excluding hydrogens is 196 g/mol. The summed E-state index contributed by atoms with van der Waals surface area (Å²) in [6.45, 7) is 2.08. The van der Waals surface area contributed by atoms with Crippen LogP contribution in [0.3, 0.4) is 0 Å². The van der Waals surface area contributed by atoms with Gasteiger partial charge in [0.2, 0.25) is 0 Å². The number of nitrogen functional groups attached to an aromatic ring is 1. The molecule has 0 aliphatic heterocycles. The summed E-state index contributed by atoms with van der Waals surface area (Å²) < 4.78 is 0. The Labute approximate surface area is 87.7 Å². The molecule has 1 aromatic carbocycles. The Bertz CT molecular complexity index is 480. The van der Waals surface area contributed by atoms with Crippen molar-refractivity contribution in [2.75, 3.05) is 5.73 Å². The van der Waals surface area contributed by atoms with Crippen LogP contribution in [0.4, 0.5) is 5.82 Å². The van der Waals surface area contributed by atoms with Crippen LogP contribution in [-0.2, 0) is 6.42 Å². The van der Waals surface area contributed by atoms with Crippen LogP contribution in [0, 0.1) is 0 Å². The molecule has 0 bridgehead atoms. The number of aryl methyl sites for hydroxylation is 1. The van der Waals surface area contributed by atoms with Crippen LogP contribution in [0.25, 0.3) is 10.9 Å². The van der Waals surface area contributed by atoms with Crippen LogP contribution in [0.5, 0.6) is 0 Å². The molecule has 2 N–H and O–H groups in total. The highest BCUT2D eigenvalue weighted by molar-refractivity contribution is 6.36. The number of anilines is 1. The first-order chi connectivity index (χ1) is 6.72. The Morgan fingerprint density at radius 3 is 2.79 bits per heavy atom. The Balaban J connectivity index is 2.77. The molecule has 0 spiro atoms. The zero-order chi connectivity index (χ0) is 10.1. The van der Waals surface area contributed by atoms with E-state index in [1.54, 1.807) is 6.07 Å². The van der Waals surface area contributed by atoms with Crippen LogP contribution in [0.1, 0.15) is 12.5 Å². The number of aromatic nitrogens is 1. The number of fused-ring (bicyclic) bond motifs is 1. The third-order valence-corrected chi connectivity index (χ3v) is 2.73. The van der Waals surface area contributed by atoms with Gasteiger partial charge in [-0.15, -0.1) is 0 Å². The number of nitrogens with two attached hydrogens (primary N) is 1. The fraction of sp³-hybridized carbons (Fsp3) is 0.182. The summed E-state index contributed by atoms with van der Waals surface area (Å²) >= 11 is 6.21. The lowest BCUT2D eigenvalue weighted by atomic mass is 10.1. The Morgan fingerprint density at radius 2 is 2.07 bits per heavy atom. The van der Waals surface area contributed by atoms with Gasteiger partial charge in [0, 0.05) is 5.39 Å². The second kappa shape index (κ2) is 3.46. The van der Waals surface area contributed by atoms with E-state index in [-0.39, 0.29) is 0 Å². The monoisotopic (exact) mass is 206 g/mol. The summed E-state index contributed by atoms with van der Waals surface area (Å²) in [6.07, 6.45) is 0.930. The van der Waals surface area contributed by atoms with Crippen LogP contribution < -0.4 is 5.73 Å². The Kier molecular flexibility index (Phi) is 2.30. The Hall–Kier alpha value is -1.28. The van der Waals surface area contributed by atoms with E-state index >= 15 is 0 Å². The van der Waals surface area contributed by atoms with E-state index in [9.17, 15) is 0 Å². The Morgan fingerprint density at radius 1 is 1.29 bits per heavy atom. The summed E-state index contributed by atoms with van der Waals surface area (Å²) in [7, 11) is 0. The van der Waals surface area contributed by atoms with Crippen molar-refractivity contribution in [3.8, 4) is 0 Å². The molecule has 1 heterocycles. The van der Waals surface area contributed by atoms with Crippen molar-refractivity contribution >= 4 is 28.3 Å². The molecule has 0 radical (unpaired) electrons. The maximum atomic E-state index is 6.21. The molecule has 14 heavy (non-hydrogen) atoms. The lowest BCUT2D eigenvalue weighted by molar-refractivity contribution is 1.14. The smallest absolute Gasteiger partial charge is 0.124 e. The number of rotatable bonds is 1. The van der Waals surface area contributed by atoms with E-state index in [0.29, 0.717) is 5.82 Å². The molecule has 0 fully saturated rings. The van der Waals surface area contributed by atoms with Crippen molar-refractivity contribution in [1.82, 2.24) is 4.98 Å². The van der Waals surface area contributed by atoms with Crippen molar-refractivity contribution in [2.24, 2.45) is 0 Å². The van der Waals surface area contributed by atoms with Gasteiger partial charge < -0.3 is 5.73 Å². The summed E-state index contributed by atoms with van der Waals surface area (Å²) in [5.41, 5.74) is 7.59. The van der Waals surface area contributed by atoms with E-state index < -0.39 is 0 Å². The highest BCUT2D eigenvalue weighted by Crippen LogP contribution is 2.27. The second-order valence-corrected chi connectivity index (χ2v) is 3.57. The standard InChI is InChI=1S/C11H11ClN2/c1-2-7-3-5-9-8(11(7)12)4-6-10(13)14-9/h3-6H,2H2,1H3,(H2,13,14). The lowest BCUT2D eigenvalue weighted by Crippen LogP contribution is -1.91. The summed E-state index contributed by atoms with van der Waals surface area (Å²) in [5.74, 6) is 0.526. The quantitative estimate of drug-likeness (QED) is 0.779. The van der Waals surface area contributed by atoms with E-state index in [1.165, 1.54) is 0 Å². The van der Waals surface area contributed by atoms with Gasteiger partial charge in [-0.1, -0.05) is 24.6 Å². The van der Waals surface area contributed by atoms with Gasteiger partial charge in [0.25, 0.3) is 0 Å². The number of pyridine rings is 1. The van der Waals surface area contributed by atoms with Crippen molar-refractivity contribution < 1.29 is 0 Å². The van der Waals surface area contributed by atoms with Gasteiger partial charge in [-0.3, -0.25) is 0 Å². The predicted molar refractivity (Wildman–Crippen MR) is 60.5 cm³/mol. The molecule has 0 saturated carbocycles. The minimum Gasteiger partial charge on any atom is -0.384 e. The van der Waals surface area contributed by atoms with Crippen LogP contribution in [0.2, 0.25) is 5.02 Å². The third-order valence-electron chi connectivity index (χ3n) is 2.29. The first-order valence-electron chi connectivity index (χ1n) is 4.56. The van der Waals surface area contributed by atoms with Crippen LogP contribution in [-0.4, -0.2) is 4.98 Å². The van der Waals surface area contributed by atoms with Gasteiger partial charge in [0.1, 0.15) is 5.82 Å². The minimum absolute atomic E-state index is 0.526. The van der Waals surface area contributed by atoms with E-state index in [4.69, 9.17) is 17.3 Å². The molecule has 0 unspecified atom stereocenters. The highest BCUT2D eigenvalue weighted by atomic mass is 35.5. The molecule has 2 nitrogen and oxygen atoms in total. The fourth-order valence-electron chi connectivity index (χ4n) is 1.50. The van der Waals surface area contributed by atoms with E-state index in [2.05, 4.69) is 11.9 Å². The number of benzene rings is 1. The largest absolute Gasteiger partial charge is 0.384 e. The normalized spacial score (nSPS) is 10.7. The number of nitrogens with zero attached hydrogens (tertiary/aromatic N) is 1. The van der Waals surface area contributed by atoms with Crippen LogP contribution in [0.15, 0.2) is 24.3 Å². The molecule has 1 aromatic heterocycles. The zero-order valence-electron chi connectivity index (χ0n) is 7.92. The molecular formula is C11H11ClN2. The first-order valence-corrected chi connectivity index (χ1v) is 4.93. The summed E-state index contributed by atoms with van der Waals surface area (Å²) in [5, 5.41) is 1.76. The highest BCUT2D eigenvalue weighted by Gasteiger charge is 2.04. The van der Waals surface area contributed by atoms with Gasteiger partial charge in [-0.05, 0) is 30.2 Å². The minimum atomic E-state index is 0.526. The van der Waals surface area contributed by atoms with Crippen molar-refractivity contribution in [3.05, 3.63) is 34.9 Å². The number of halogens is 1. The number of hydrogen-bond donors (Lipinski definition) is 1. The molecule has 0 aliphatic carbocycles. The van der Waals surface area contributed by atoms with Gasteiger partial charge in [-0.2, -0.15) is 0 Å². The maximum Gasteiger partial charge on any atom is 0.124 e. The SMILES string of the molecule is CCc1ccc2nc(N)ccc2c1Cl.